The summed E-state index contributed by atoms with van der Waals surface area (Å²) in [7, 11) is 0. The van der Waals surface area contributed by atoms with Crippen LogP contribution in [0, 0.1) is 11.8 Å². The van der Waals surface area contributed by atoms with Crippen molar-refractivity contribution in [1.29, 1.82) is 0 Å². The minimum absolute atomic E-state index is 0.131. The van der Waals surface area contributed by atoms with Gasteiger partial charge in [-0.15, -0.1) is 0 Å². The molecule has 0 heterocycles. The van der Waals surface area contributed by atoms with Crippen molar-refractivity contribution in [1.82, 2.24) is 0 Å². The van der Waals surface area contributed by atoms with Crippen molar-refractivity contribution in [3.05, 3.63) is 29.8 Å². The van der Waals surface area contributed by atoms with Crippen LogP contribution >= 0.6 is 0 Å². The van der Waals surface area contributed by atoms with Gasteiger partial charge < -0.3 is 14.6 Å². The average Bonchev–Trinajstić information content (AvgIpc) is 2.42. The quantitative estimate of drug-likeness (QED) is 0.606. The van der Waals surface area contributed by atoms with Gasteiger partial charge in [0, 0.05) is 5.56 Å². The smallest absolute Gasteiger partial charge is 0.120 e. The Kier molecular flexibility index (Phi) is 7.72. The summed E-state index contributed by atoms with van der Waals surface area (Å²) < 4.78 is 11.2. The lowest BCUT2D eigenvalue weighted by Gasteiger charge is -2.12. The minimum Gasteiger partial charge on any atom is -0.491 e. The zero-order valence-corrected chi connectivity index (χ0v) is 11.7. The molecule has 3 heteroatoms. The molecule has 1 aromatic rings. The summed E-state index contributed by atoms with van der Waals surface area (Å²) in [6, 6.07) is 7.52. The molecule has 0 saturated heterocycles. The number of hydrogen-bond acceptors (Lipinski definition) is 3. The number of benzene rings is 1. The Morgan fingerprint density at radius 1 is 1.32 bits per heavy atom. The van der Waals surface area contributed by atoms with Gasteiger partial charge in [-0.3, -0.25) is 0 Å². The summed E-state index contributed by atoms with van der Waals surface area (Å²) in [5.74, 6) is 6.24. The summed E-state index contributed by atoms with van der Waals surface area (Å²) in [5.41, 5.74) is 0.840. The van der Waals surface area contributed by atoms with Crippen molar-refractivity contribution in [2.45, 2.75) is 32.8 Å². The first-order valence-electron chi connectivity index (χ1n) is 6.70. The fourth-order valence-electron chi connectivity index (χ4n) is 1.70. The molecule has 0 aromatic heterocycles. The van der Waals surface area contributed by atoms with Gasteiger partial charge in [-0.2, -0.15) is 0 Å². The van der Waals surface area contributed by atoms with E-state index in [0.29, 0.717) is 13.2 Å². The first-order valence-corrected chi connectivity index (χ1v) is 6.70. The predicted molar refractivity (Wildman–Crippen MR) is 76.2 cm³/mol. The summed E-state index contributed by atoms with van der Waals surface area (Å²) in [6.07, 6.45) is 2.50. The van der Waals surface area contributed by atoms with E-state index in [-0.39, 0.29) is 12.7 Å². The topological polar surface area (TPSA) is 38.7 Å². The summed E-state index contributed by atoms with van der Waals surface area (Å²) in [5, 5.41) is 8.64. The molecule has 0 radical (unpaired) electrons. The first-order chi connectivity index (χ1) is 9.26. The van der Waals surface area contributed by atoms with E-state index >= 15 is 0 Å². The van der Waals surface area contributed by atoms with Gasteiger partial charge in [0.15, 0.2) is 0 Å². The largest absolute Gasteiger partial charge is 0.491 e. The molecule has 1 N–H and O–H groups in total. The van der Waals surface area contributed by atoms with E-state index in [9.17, 15) is 0 Å². The Morgan fingerprint density at radius 2 is 2.16 bits per heavy atom. The fourth-order valence-corrected chi connectivity index (χ4v) is 1.70. The number of aliphatic hydroxyl groups excluding tert-OH is 1. The molecule has 3 nitrogen and oxygen atoms in total. The third-order valence-electron chi connectivity index (χ3n) is 2.60. The molecule has 0 aliphatic rings. The minimum atomic E-state index is -0.131. The zero-order chi connectivity index (χ0) is 13.9. The van der Waals surface area contributed by atoms with Crippen molar-refractivity contribution in [3.8, 4) is 17.6 Å². The molecule has 0 spiro atoms. The van der Waals surface area contributed by atoms with Crippen LogP contribution in [0.15, 0.2) is 24.3 Å². The molecule has 0 amide bonds. The number of aliphatic hydroxyl groups is 1. The van der Waals surface area contributed by atoms with E-state index in [2.05, 4.69) is 25.7 Å². The molecule has 1 unspecified atom stereocenters. The second-order valence-corrected chi connectivity index (χ2v) is 4.31. The average molecular weight is 262 g/mol. The van der Waals surface area contributed by atoms with Crippen LogP contribution in [0.2, 0.25) is 0 Å². The maximum atomic E-state index is 8.64. The Balaban J connectivity index is 2.33. The van der Waals surface area contributed by atoms with Gasteiger partial charge in [0.2, 0.25) is 0 Å². The number of rotatable bonds is 7. The lowest BCUT2D eigenvalue weighted by Crippen LogP contribution is -2.13. The zero-order valence-electron chi connectivity index (χ0n) is 11.7. The van der Waals surface area contributed by atoms with Crippen molar-refractivity contribution < 1.29 is 14.6 Å². The lowest BCUT2D eigenvalue weighted by atomic mass is 10.2. The molecule has 19 heavy (non-hydrogen) atoms. The van der Waals surface area contributed by atoms with Crippen molar-refractivity contribution in [3.63, 3.8) is 0 Å². The normalized spacial score (nSPS) is 11.5. The maximum Gasteiger partial charge on any atom is 0.120 e. The van der Waals surface area contributed by atoms with Gasteiger partial charge in [0.1, 0.15) is 19.0 Å². The molecule has 0 bridgehead atoms. The van der Waals surface area contributed by atoms with Crippen LogP contribution < -0.4 is 4.74 Å². The van der Waals surface area contributed by atoms with Crippen LogP contribution in [0.25, 0.3) is 0 Å². The Bertz CT molecular complexity index is 417. The van der Waals surface area contributed by atoms with Crippen LogP contribution in [0.1, 0.15) is 32.3 Å². The van der Waals surface area contributed by atoms with E-state index in [4.69, 9.17) is 14.6 Å². The predicted octanol–water partition coefficient (Wildman–Crippen LogP) is 2.61. The maximum absolute atomic E-state index is 8.64. The highest BCUT2D eigenvalue weighted by molar-refractivity contribution is 5.39. The van der Waals surface area contributed by atoms with E-state index in [1.165, 1.54) is 0 Å². The van der Waals surface area contributed by atoms with Crippen LogP contribution in [0.3, 0.4) is 0 Å². The van der Waals surface area contributed by atoms with Gasteiger partial charge in [0.05, 0.1) is 12.7 Å². The van der Waals surface area contributed by atoms with Crippen molar-refractivity contribution in [2.24, 2.45) is 0 Å². The molecule has 1 aromatic carbocycles. The summed E-state index contributed by atoms with van der Waals surface area (Å²) in [4.78, 5) is 0. The highest BCUT2D eigenvalue weighted by Gasteiger charge is 2.00. The standard InChI is InChI=1S/C16H22O3/c1-3-6-14(2)18-11-12-19-16-9-4-7-15(13-16)8-5-10-17/h4,7,9,13-14,17H,3,6,10-12H2,1-2H3. The highest BCUT2D eigenvalue weighted by Crippen LogP contribution is 2.12. The van der Waals surface area contributed by atoms with Crippen LogP contribution in [0.4, 0.5) is 0 Å². The van der Waals surface area contributed by atoms with Gasteiger partial charge in [-0.1, -0.05) is 31.3 Å². The van der Waals surface area contributed by atoms with E-state index < -0.39 is 0 Å². The molecule has 0 saturated carbocycles. The summed E-state index contributed by atoms with van der Waals surface area (Å²) in [6.45, 7) is 5.22. The number of hydrogen-bond donors (Lipinski definition) is 1. The first kappa shape index (κ1) is 15.6. The molecule has 1 rings (SSSR count). The SMILES string of the molecule is CCCC(C)OCCOc1cccc(C#CCO)c1. The Morgan fingerprint density at radius 3 is 2.89 bits per heavy atom. The molecule has 104 valence electrons. The van der Waals surface area contributed by atoms with Gasteiger partial charge in [0.25, 0.3) is 0 Å². The third kappa shape index (κ3) is 6.85. The van der Waals surface area contributed by atoms with E-state index in [1.807, 2.05) is 24.3 Å². The Hall–Kier alpha value is -1.50. The van der Waals surface area contributed by atoms with Gasteiger partial charge in [-0.25, -0.2) is 0 Å². The monoisotopic (exact) mass is 262 g/mol. The molecule has 0 aliphatic carbocycles. The van der Waals surface area contributed by atoms with Crippen LogP contribution in [0.5, 0.6) is 5.75 Å². The Labute approximate surface area is 115 Å². The second-order valence-electron chi connectivity index (χ2n) is 4.31. The van der Waals surface area contributed by atoms with E-state index in [0.717, 1.165) is 24.2 Å². The summed E-state index contributed by atoms with van der Waals surface area (Å²) >= 11 is 0. The van der Waals surface area contributed by atoms with Crippen molar-refractivity contribution >= 4 is 0 Å². The molecular weight excluding hydrogens is 240 g/mol. The molecule has 0 aliphatic heterocycles. The van der Waals surface area contributed by atoms with Crippen molar-refractivity contribution in [2.75, 3.05) is 19.8 Å². The second kappa shape index (κ2) is 9.43. The molecular formula is C16H22O3. The van der Waals surface area contributed by atoms with Crippen LogP contribution in [-0.4, -0.2) is 31.0 Å². The van der Waals surface area contributed by atoms with Crippen LogP contribution in [-0.2, 0) is 4.74 Å². The fraction of sp³-hybridized carbons (Fsp3) is 0.500. The molecule has 1 atom stereocenters. The molecule has 0 fully saturated rings. The van der Waals surface area contributed by atoms with E-state index in [1.54, 1.807) is 0 Å². The number of ether oxygens (including phenoxy) is 2. The van der Waals surface area contributed by atoms with Gasteiger partial charge in [-0.05, 0) is 31.5 Å². The van der Waals surface area contributed by atoms with Gasteiger partial charge >= 0.3 is 0 Å². The third-order valence-corrected chi connectivity index (χ3v) is 2.60. The highest BCUT2D eigenvalue weighted by atomic mass is 16.5. The lowest BCUT2D eigenvalue weighted by molar-refractivity contribution is 0.0395.